The average molecular weight is 309 g/mol. The number of rotatable bonds is 2. The molecule has 0 atom stereocenters. The van der Waals surface area contributed by atoms with Crippen molar-refractivity contribution < 1.29 is 19.2 Å². The van der Waals surface area contributed by atoms with Crippen LogP contribution in [0.5, 0.6) is 0 Å². The molecule has 1 spiro atoms. The van der Waals surface area contributed by atoms with Crippen molar-refractivity contribution in [2.45, 2.75) is 58.4 Å². The second-order valence-corrected chi connectivity index (χ2v) is 7.20. The lowest BCUT2D eigenvalue weighted by atomic mass is 9.84. The highest BCUT2D eigenvalue weighted by Gasteiger charge is 2.52. The third-order valence-electron chi connectivity index (χ3n) is 4.09. The number of nitrogens with one attached hydrogen (secondary N) is 2. The van der Waals surface area contributed by atoms with Gasteiger partial charge in [-0.05, 0) is 33.6 Å². The fraction of sp³-hybridized carbons (Fsp3) is 0.733. The van der Waals surface area contributed by atoms with Gasteiger partial charge in [-0.25, -0.2) is 4.79 Å². The molecule has 0 unspecified atom stereocenters. The van der Waals surface area contributed by atoms with Gasteiger partial charge in [0.25, 0.3) is 0 Å². The van der Waals surface area contributed by atoms with Crippen molar-refractivity contribution in [3.63, 3.8) is 0 Å². The minimum Gasteiger partial charge on any atom is -0.333 e. The molecule has 1 aliphatic heterocycles. The number of urea groups is 1. The lowest BCUT2D eigenvalue weighted by Gasteiger charge is -2.22. The number of carbonyl (C=O) groups excluding carboxylic acids is 4. The smallest absolute Gasteiger partial charge is 0.321 e. The summed E-state index contributed by atoms with van der Waals surface area (Å²) < 4.78 is 0. The van der Waals surface area contributed by atoms with Gasteiger partial charge >= 0.3 is 6.03 Å². The number of imide groups is 2. The number of hydrogen-bond donors (Lipinski definition) is 2. The van der Waals surface area contributed by atoms with E-state index in [1.54, 1.807) is 20.8 Å². The molecule has 2 N–H and O–H groups in total. The van der Waals surface area contributed by atoms with Crippen LogP contribution in [0.3, 0.4) is 0 Å². The first-order valence-electron chi connectivity index (χ1n) is 7.60. The van der Waals surface area contributed by atoms with Crippen molar-refractivity contribution in [2.75, 3.05) is 6.54 Å². The zero-order valence-electron chi connectivity index (χ0n) is 13.3. The summed E-state index contributed by atoms with van der Waals surface area (Å²) in [6.45, 7) is 4.97. The first-order valence-corrected chi connectivity index (χ1v) is 7.60. The van der Waals surface area contributed by atoms with E-state index >= 15 is 0 Å². The Hall–Kier alpha value is -1.92. The summed E-state index contributed by atoms with van der Waals surface area (Å²) in [5.74, 6) is -1.24. The third kappa shape index (κ3) is 3.45. The predicted molar refractivity (Wildman–Crippen MR) is 78.7 cm³/mol. The maximum atomic E-state index is 12.4. The van der Waals surface area contributed by atoms with Crippen LogP contribution >= 0.6 is 0 Å². The molecule has 22 heavy (non-hydrogen) atoms. The van der Waals surface area contributed by atoms with Gasteiger partial charge in [0.05, 0.1) is 5.41 Å². The lowest BCUT2D eigenvalue weighted by molar-refractivity contribution is -0.144. The zero-order chi connectivity index (χ0) is 16.5. The molecule has 7 heteroatoms. The third-order valence-corrected chi connectivity index (χ3v) is 4.09. The monoisotopic (exact) mass is 309 g/mol. The fourth-order valence-electron chi connectivity index (χ4n) is 3.14. The molecular weight excluding hydrogens is 286 g/mol. The highest BCUT2D eigenvalue weighted by Crippen LogP contribution is 2.46. The summed E-state index contributed by atoms with van der Waals surface area (Å²) in [6.07, 6.45) is 3.48. The minimum absolute atomic E-state index is 0.188. The normalized spacial score (nSPS) is 20.6. The molecule has 5 amide bonds. The van der Waals surface area contributed by atoms with Crippen LogP contribution in [0, 0.1) is 5.41 Å². The first-order chi connectivity index (χ1) is 10.1. The Morgan fingerprint density at radius 1 is 1.18 bits per heavy atom. The van der Waals surface area contributed by atoms with E-state index in [4.69, 9.17) is 0 Å². The standard InChI is InChI=1S/C15H23N3O4/c1-14(2,3)17-13(22)16-10(19)9-18-11(20)8-15(12(18)21)6-4-5-7-15/h4-9H2,1-3H3,(H2,16,17,19,22). The van der Waals surface area contributed by atoms with Gasteiger partial charge in [0.15, 0.2) is 0 Å². The SMILES string of the molecule is CC(C)(C)NC(=O)NC(=O)CN1C(=O)CC2(CCCC2)C1=O. The molecule has 0 aromatic heterocycles. The van der Waals surface area contributed by atoms with Crippen LogP contribution in [-0.4, -0.2) is 40.7 Å². The fourth-order valence-corrected chi connectivity index (χ4v) is 3.14. The molecule has 2 aliphatic rings. The van der Waals surface area contributed by atoms with Gasteiger partial charge in [0, 0.05) is 12.0 Å². The zero-order valence-corrected chi connectivity index (χ0v) is 13.3. The Balaban J connectivity index is 1.93. The molecule has 1 saturated carbocycles. The van der Waals surface area contributed by atoms with Crippen LogP contribution < -0.4 is 10.6 Å². The van der Waals surface area contributed by atoms with Crippen molar-refractivity contribution in [1.29, 1.82) is 0 Å². The molecule has 0 aromatic rings. The number of nitrogens with zero attached hydrogens (tertiary/aromatic N) is 1. The van der Waals surface area contributed by atoms with Crippen molar-refractivity contribution >= 4 is 23.8 Å². The van der Waals surface area contributed by atoms with Crippen LogP contribution in [0.1, 0.15) is 52.9 Å². The van der Waals surface area contributed by atoms with Crippen molar-refractivity contribution in [3.05, 3.63) is 0 Å². The summed E-state index contributed by atoms with van der Waals surface area (Å²) >= 11 is 0. The Morgan fingerprint density at radius 3 is 2.32 bits per heavy atom. The van der Waals surface area contributed by atoms with E-state index in [9.17, 15) is 19.2 Å². The molecule has 2 fully saturated rings. The van der Waals surface area contributed by atoms with Crippen molar-refractivity contribution in [3.8, 4) is 0 Å². The highest BCUT2D eigenvalue weighted by atomic mass is 16.2. The second kappa shape index (κ2) is 5.70. The largest absolute Gasteiger partial charge is 0.333 e. The highest BCUT2D eigenvalue weighted by molar-refractivity contribution is 6.09. The lowest BCUT2D eigenvalue weighted by Crippen LogP contribution is -2.51. The van der Waals surface area contributed by atoms with Gasteiger partial charge in [-0.2, -0.15) is 0 Å². The summed E-state index contributed by atoms with van der Waals surface area (Å²) in [5.41, 5.74) is -1.07. The molecule has 1 aliphatic carbocycles. The Morgan fingerprint density at radius 2 is 1.77 bits per heavy atom. The van der Waals surface area contributed by atoms with Crippen LogP contribution in [0.25, 0.3) is 0 Å². The van der Waals surface area contributed by atoms with Crippen LogP contribution in [0.15, 0.2) is 0 Å². The number of hydrogen-bond acceptors (Lipinski definition) is 4. The van der Waals surface area contributed by atoms with Crippen molar-refractivity contribution in [1.82, 2.24) is 15.5 Å². The quantitative estimate of drug-likeness (QED) is 0.742. The van der Waals surface area contributed by atoms with E-state index in [1.165, 1.54) is 0 Å². The Labute approximate surface area is 129 Å². The van der Waals surface area contributed by atoms with Gasteiger partial charge in [-0.15, -0.1) is 0 Å². The topological polar surface area (TPSA) is 95.6 Å². The molecule has 0 bridgehead atoms. The number of likely N-dealkylation sites (tertiary alicyclic amines) is 1. The summed E-state index contributed by atoms with van der Waals surface area (Å²) in [7, 11) is 0. The van der Waals surface area contributed by atoms with E-state index in [0.717, 1.165) is 17.7 Å². The summed E-state index contributed by atoms with van der Waals surface area (Å²) in [5, 5.41) is 4.74. The van der Waals surface area contributed by atoms with Crippen LogP contribution in [0.4, 0.5) is 4.79 Å². The molecule has 1 saturated heterocycles. The predicted octanol–water partition coefficient (Wildman–Crippen LogP) is 0.930. The average Bonchev–Trinajstić information content (AvgIpc) is 2.89. The van der Waals surface area contributed by atoms with Gasteiger partial charge < -0.3 is 5.32 Å². The van der Waals surface area contributed by atoms with Gasteiger partial charge in [0.2, 0.25) is 17.7 Å². The number of carbonyl (C=O) groups is 4. The van der Waals surface area contributed by atoms with Gasteiger partial charge in [-0.1, -0.05) is 12.8 Å². The van der Waals surface area contributed by atoms with Crippen LogP contribution in [0.2, 0.25) is 0 Å². The van der Waals surface area contributed by atoms with E-state index in [0.29, 0.717) is 12.8 Å². The molecule has 1 heterocycles. The van der Waals surface area contributed by atoms with E-state index in [-0.39, 0.29) is 18.2 Å². The van der Waals surface area contributed by atoms with E-state index in [2.05, 4.69) is 10.6 Å². The Bertz CT molecular complexity index is 515. The molecule has 0 radical (unpaired) electrons. The molecule has 7 nitrogen and oxygen atoms in total. The van der Waals surface area contributed by atoms with Gasteiger partial charge in [0.1, 0.15) is 6.54 Å². The molecule has 2 rings (SSSR count). The Kier molecular flexibility index (Phi) is 4.26. The molecule has 0 aromatic carbocycles. The summed E-state index contributed by atoms with van der Waals surface area (Å²) in [4.78, 5) is 48.9. The minimum atomic E-state index is -0.654. The molecule has 122 valence electrons. The molecular formula is C15H23N3O4. The van der Waals surface area contributed by atoms with Crippen LogP contribution in [-0.2, 0) is 14.4 Å². The maximum Gasteiger partial charge on any atom is 0.321 e. The maximum absolute atomic E-state index is 12.4. The number of amides is 5. The summed E-state index contributed by atoms with van der Waals surface area (Å²) in [6, 6.07) is -0.632. The first kappa shape index (κ1) is 16.5. The second-order valence-electron chi connectivity index (χ2n) is 7.20. The van der Waals surface area contributed by atoms with Crippen molar-refractivity contribution in [2.24, 2.45) is 5.41 Å². The van der Waals surface area contributed by atoms with E-state index < -0.39 is 29.4 Å². The van der Waals surface area contributed by atoms with Gasteiger partial charge in [-0.3, -0.25) is 24.6 Å². The van der Waals surface area contributed by atoms with E-state index in [1.807, 2.05) is 0 Å².